The van der Waals surface area contributed by atoms with Gasteiger partial charge >= 0.3 is 6.03 Å². The summed E-state index contributed by atoms with van der Waals surface area (Å²) >= 11 is 1.38. The maximum absolute atomic E-state index is 13.3. The van der Waals surface area contributed by atoms with Crippen molar-refractivity contribution in [2.75, 3.05) is 32.7 Å². The van der Waals surface area contributed by atoms with E-state index in [0.29, 0.717) is 42.3 Å². The summed E-state index contributed by atoms with van der Waals surface area (Å²) in [7, 11) is 0. The SMILES string of the molecule is C[C@]1(c2cccc(-n3cnnn3)c2)NC(=O)N(CC(=O)N2CCN(C(=O)c3cccs3)CC2)C1=O. The molecule has 5 amide bonds. The van der Waals surface area contributed by atoms with Crippen LogP contribution in [-0.2, 0) is 15.1 Å². The minimum atomic E-state index is -1.34. The summed E-state index contributed by atoms with van der Waals surface area (Å²) in [6.07, 6.45) is 1.43. The maximum atomic E-state index is 13.3. The maximum Gasteiger partial charge on any atom is 0.325 e. The Morgan fingerprint density at radius 3 is 2.54 bits per heavy atom. The van der Waals surface area contributed by atoms with E-state index in [1.54, 1.807) is 47.1 Å². The van der Waals surface area contributed by atoms with Crippen LogP contribution >= 0.6 is 11.3 Å². The highest BCUT2D eigenvalue weighted by Gasteiger charge is 2.50. The van der Waals surface area contributed by atoms with E-state index in [-0.39, 0.29) is 18.4 Å². The Hall–Kier alpha value is -4.13. The van der Waals surface area contributed by atoms with Crippen molar-refractivity contribution in [1.29, 1.82) is 0 Å². The number of piperazine rings is 1. The molecule has 1 aromatic carbocycles. The van der Waals surface area contributed by atoms with Gasteiger partial charge < -0.3 is 15.1 Å². The molecule has 0 unspecified atom stereocenters. The van der Waals surface area contributed by atoms with Crippen molar-refractivity contribution in [2.24, 2.45) is 0 Å². The number of hydrogen-bond donors (Lipinski definition) is 1. The van der Waals surface area contributed by atoms with Gasteiger partial charge in [0.25, 0.3) is 11.8 Å². The number of thiophene rings is 1. The van der Waals surface area contributed by atoms with Crippen LogP contribution in [-0.4, -0.2) is 91.4 Å². The van der Waals surface area contributed by atoms with Gasteiger partial charge in [-0.15, -0.1) is 16.4 Å². The van der Waals surface area contributed by atoms with Crippen LogP contribution < -0.4 is 5.32 Å². The lowest BCUT2D eigenvalue weighted by Crippen LogP contribution is -2.53. The first-order chi connectivity index (χ1) is 16.9. The summed E-state index contributed by atoms with van der Waals surface area (Å²) in [5, 5.41) is 15.6. The molecular formula is C22H22N8O4S. The molecule has 1 N–H and O–H groups in total. The zero-order valence-electron chi connectivity index (χ0n) is 18.8. The van der Waals surface area contributed by atoms with Gasteiger partial charge in [-0.2, -0.15) is 0 Å². The third-order valence-corrected chi connectivity index (χ3v) is 7.11. The van der Waals surface area contributed by atoms with Crippen molar-refractivity contribution >= 4 is 35.1 Å². The molecule has 13 heteroatoms. The van der Waals surface area contributed by atoms with E-state index in [9.17, 15) is 19.2 Å². The molecule has 1 atom stereocenters. The average molecular weight is 495 g/mol. The molecule has 180 valence electrons. The number of hydrogen-bond acceptors (Lipinski definition) is 8. The third-order valence-electron chi connectivity index (χ3n) is 6.26. The second kappa shape index (κ2) is 8.91. The van der Waals surface area contributed by atoms with Gasteiger partial charge in [-0.25, -0.2) is 9.48 Å². The standard InChI is InChI=1S/C22H22N8O4S/c1-22(15-4-2-5-16(12-15)30-14-23-25-26-30)20(33)29(21(34)24-22)13-18(31)27-7-9-28(10-8-27)19(32)17-6-3-11-35-17/h2-6,11-12,14H,7-10,13H2,1H3,(H,24,34)/t22-/m1/s1. The molecular weight excluding hydrogens is 472 g/mol. The minimum absolute atomic E-state index is 0.0548. The minimum Gasteiger partial charge on any atom is -0.338 e. The Morgan fingerprint density at radius 2 is 1.86 bits per heavy atom. The molecule has 2 fully saturated rings. The van der Waals surface area contributed by atoms with Gasteiger partial charge in [0.05, 0.1) is 10.6 Å². The van der Waals surface area contributed by atoms with Crippen LogP contribution in [0.3, 0.4) is 0 Å². The van der Waals surface area contributed by atoms with Crippen LogP contribution in [0.25, 0.3) is 5.69 Å². The van der Waals surface area contributed by atoms with Crippen LogP contribution in [0.15, 0.2) is 48.1 Å². The highest BCUT2D eigenvalue weighted by molar-refractivity contribution is 7.12. The summed E-state index contributed by atoms with van der Waals surface area (Å²) < 4.78 is 1.44. The van der Waals surface area contributed by atoms with E-state index in [1.165, 1.54) is 22.3 Å². The number of amides is 5. The largest absolute Gasteiger partial charge is 0.338 e. The Bertz CT molecular complexity index is 1270. The fraction of sp³-hybridized carbons (Fsp3) is 0.318. The van der Waals surface area contributed by atoms with Crippen LogP contribution in [0.4, 0.5) is 4.79 Å². The number of rotatable bonds is 5. The Balaban J connectivity index is 1.24. The quantitative estimate of drug-likeness (QED) is 0.510. The smallest absolute Gasteiger partial charge is 0.325 e. The highest BCUT2D eigenvalue weighted by atomic mass is 32.1. The first kappa shape index (κ1) is 22.7. The van der Waals surface area contributed by atoms with Crippen molar-refractivity contribution in [1.82, 2.24) is 40.2 Å². The number of carbonyl (C=O) groups excluding carboxylic acids is 4. The van der Waals surface area contributed by atoms with E-state index in [4.69, 9.17) is 0 Å². The zero-order chi connectivity index (χ0) is 24.6. The van der Waals surface area contributed by atoms with Crippen LogP contribution in [0, 0.1) is 0 Å². The number of carbonyl (C=O) groups is 4. The molecule has 4 heterocycles. The number of tetrazole rings is 1. The Kier molecular flexibility index (Phi) is 5.76. The summed E-state index contributed by atoms with van der Waals surface area (Å²) in [6, 6.07) is 9.91. The van der Waals surface area contributed by atoms with E-state index < -0.39 is 17.5 Å². The molecule has 0 spiro atoms. The predicted octanol–water partition coefficient (Wildman–Crippen LogP) is 0.475. The lowest BCUT2D eigenvalue weighted by atomic mass is 9.91. The lowest BCUT2D eigenvalue weighted by molar-refractivity contribution is -0.139. The van der Waals surface area contributed by atoms with Gasteiger partial charge in [0.2, 0.25) is 5.91 Å². The molecule has 0 bridgehead atoms. The van der Waals surface area contributed by atoms with Crippen LogP contribution in [0.2, 0.25) is 0 Å². The predicted molar refractivity (Wildman–Crippen MR) is 124 cm³/mol. The topological polar surface area (TPSA) is 134 Å². The van der Waals surface area contributed by atoms with Gasteiger partial charge in [0, 0.05) is 26.2 Å². The average Bonchev–Trinajstić information content (AvgIpc) is 3.64. The van der Waals surface area contributed by atoms with Crippen molar-refractivity contribution in [3.63, 3.8) is 0 Å². The zero-order valence-corrected chi connectivity index (χ0v) is 19.6. The number of nitrogens with zero attached hydrogens (tertiary/aromatic N) is 7. The number of urea groups is 1. The van der Waals surface area contributed by atoms with Gasteiger partial charge in [-0.05, 0) is 46.5 Å². The fourth-order valence-electron chi connectivity index (χ4n) is 4.23. The van der Waals surface area contributed by atoms with Crippen molar-refractivity contribution < 1.29 is 19.2 Å². The normalized spacial score (nSPS) is 20.3. The summed E-state index contributed by atoms with van der Waals surface area (Å²) in [5.74, 6) is -0.916. The molecule has 12 nitrogen and oxygen atoms in total. The Morgan fingerprint density at radius 1 is 1.09 bits per heavy atom. The molecule has 3 aromatic rings. The number of benzene rings is 1. The Labute approximate surface area is 204 Å². The number of nitrogens with one attached hydrogen (secondary N) is 1. The van der Waals surface area contributed by atoms with E-state index in [2.05, 4.69) is 20.8 Å². The van der Waals surface area contributed by atoms with Crippen molar-refractivity contribution in [3.8, 4) is 5.69 Å². The fourth-order valence-corrected chi connectivity index (χ4v) is 4.92. The van der Waals surface area contributed by atoms with Crippen molar-refractivity contribution in [2.45, 2.75) is 12.5 Å². The van der Waals surface area contributed by atoms with Crippen molar-refractivity contribution in [3.05, 3.63) is 58.5 Å². The number of aromatic nitrogens is 4. The first-order valence-electron chi connectivity index (χ1n) is 11.0. The number of imide groups is 1. The molecule has 0 aliphatic carbocycles. The van der Waals surface area contributed by atoms with Crippen LogP contribution in [0.1, 0.15) is 22.2 Å². The monoisotopic (exact) mass is 494 g/mol. The molecule has 2 saturated heterocycles. The molecule has 2 aliphatic heterocycles. The van der Waals surface area contributed by atoms with E-state index in [0.717, 1.165) is 4.90 Å². The van der Waals surface area contributed by atoms with E-state index >= 15 is 0 Å². The second-order valence-electron chi connectivity index (χ2n) is 8.40. The van der Waals surface area contributed by atoms with Gasteiger partial charge in [-0.1, -0.05) is 18.2 Å². The highest BCUT2D eigenvalue weighted by Crippen LogP contribution is 2.30. The molecule has 5 rings (SSSR count). The van der Waals surface area contributed by atoms with Gasteiger partial charge in [0.15, 0.2) is 0 Å². The lowest BCUT2D eigenvalue weighted by Gasteiger charge is -2.35. The van der Waals surface area contributed by atoms with E-state index in [1.807, 2.05) is 11.4 Å². The molecule has 35 heavy (non-hydrogen) atoms. The summed E-state index contributed by atoms with van der Waals surface area (Å²) in [4.78, 5) is 56.3. The third kappa shape index (κ3) is 4.14. The second-order valence-corrected chi connectivity index (χ2v) is 9.35. The van der Waals surface area contributed by atoms with Gasteiger partial charge in [-0.3, -0.25) is 19.3 Å². The first-order valence-corrected chi connectivity index (χ1v) is 11.8. The summed E-state index contributed by atoms with van der Waals surface area (Å²) in [5.41, 5.74) is -0.174. The van der Waals surface area contributed by atoms with Gasteiger partial charge in [0.1, 0.15) is 18.4 Å². The molecule has 0 saturated carbocycles. The summed E-state index contributed by atoms with van der Waals surface area (Å²) in [6.45, 7) is 2.70. The molecule has 2 aliphatic rings. The van der Waals surface area contributed by atoms with Crippen LogP contribution in [0.5, 0.6) is 0 Å². The molecule has 0 radical (unpaired) electrons. The molecule has 2 aromatic heterocycles.